The summed E-state index contributed by atoms with van der Waals surface area (Å²) in [6.07, 6.45) is -0.299. The molecule has 2 aliphatic rings. The van der Waals surface area contributed by atoms with E-state index in [9.17, 15) is 18.0 Å². The zero-order chi connectivity index (χ0) is 26.2. The van der Waals surface area contributed by atoms with E-state index in [4.69, 9.17) is 0 Å². The Bertz CT molecular complexity index is 1250. The highest BCUT2D eigenvalue weighted by atomic mass is 19.4. The molecule has 3 atom stereocenters. The summed E-state index contributed by atoms with van der Waals surface area (Å²) in [6, 6.07) is 15.1. The monoisotopic (exact) mass is 511 g/mol. The Morgan fingerprint density at radius 3 is 2.59 bits per heavy atom. The minimum atomic E-state index is -4.50. The van der Waals surface area contributed by atoms with Crippen LogP contribution in [-0.4, -0.2) is 33.9 Å². The number of nitrogens with zero attached hydrogens (tertiary/aromatic N) is 2. The van der Waals surface area contributed by atoms with Crippen LogP contribution in [0.25, 0.3) is 0 Å². The van der Waals surface area contributed by atoms with Gasteiger partial charge in [0.05, 0.1) is 12.2 Å². The van der Waals surface area contributed by atoms with Gasteiger partial charge in [-0.05, 0) is 49.8 Å². The summed E-state index contributed by atoms with van der Waals surface area (Å²) in [4.78, 5) is 13.3. The van der Waals surface area contributed by atoms with Crippen molar-refractivity contribution in [1.82, 2.24) is 20.4 Å². The Kier molecular flexibility index (Phi) is 6.74. The van der Waals surface area contributed by atoms with Crippen LogP contribution >= 0.6 is 0 Å². The molecule has 9 heteroatoms. The third-order valence-corrected chi connectivity index (χ3v) is 7.30. The summed E-state index contributed by atoms with van der Waals surface area (Å²) in [5.41, 5.74) is 2.82. The van der Waals surface area contributed by atoms with Gasteiger partial charge in [-0.1, -0.05) is 54.6 Å². The second-order valence-corrected chi connectivity index (χ2v) is 10.6. The maximum Gasteiger partial charge on any atom is 0.410 e. The number of benzene rings is 2. The SMILES string of the molecule is CC(C)(CNC1CCCc2ccccc21)NC(=O)c1cnn2c1NC(c1ccccc1)C[C@H]2C(F)(F)F. The van der Waals surface area contributed by atoms with Crippen LogP contribution in [0.5, 0.6) is 0 Å². The summed E-state index contributed by atoms with van der Waals surface area (Å²) in [7, 11) is 0. The van der Waals surface area contributed by atoms with Crippen LogP contribution in [0.1, 0.15) is 78.3 Å². The molecule has 0 saturated heterocycles. The minimum absolute atomic E-state index is 0.0879. The molecule has 1 aromatic heterocycles. The van der Waals surface area contributed by atoms with Crippen LogP contribution in [0.4, 0.5) is 19.0 Å². The summed E-state index contributed by atoms with van der Waals surface area (Å²) in [5.74, 6) is -0.371. The first-order valence-electron chi connectivity index (χ1n) is 12.7. The van der Waals surface area contributed by atoms with Gasteiger partial charge in [0.15, 0.2) is 6.04 Å². The van der Waals surface area contributed by atoms with E-state index in [2.05, 4.69) is 39.2 Å². The van der Waals surface area contributed by atoms with E-state index in [0.29, 0.717) is 6.54 Å². The van der Waals surface area contributed by atoms with Gasteiger partial charge in [-0.15, -0.1) is 0 Å². The number of rotatable bonds is 6. The largest absolute Gasteiger partial charge is 0.410 e. The molecule has 0 bridgehead atoms. The number of alkyl halides is 3. The van der Waals surface area contributed by atoms with Crippen molar-refractivity contribution in [3.63, 3.8) is 0 Å². The maximum absolute atomic E-state index is 14.0. The lowest BCUT2D eigenvalue weighted by molar-refractivity contribution is -0.173. The fourth-order valence-corrected chi connectivity index (χ4v) is 5.40. The van der Waals surface area contributed by atoms with E-state index in [0.717, 1.165) is 29.5 Å². The lowest BCUT2D eigenvalue weighted by Crippen LogP contribution is -2.51. The number of hydrogen-bond donors (Lipinski definition) is 3. The van der Waals surface area contributed by atoms with Gasteiger partial charge in [0.2, 0.25) is 0 Å². The number of nitrogens with one attached hydrogen (secondary N) is 3. The number of carbonyl (C=O) groups excluding carboxylic acids is 1. The average molecular weight is 512 g/mol. The average Bonchev–Trinajstić information content (AvgIpc) is 3.31. The van der Waals surface area contributed by atoms with Crippen molar-refractivity contribution in [2.24, 2.45) is 0 Å². The number of carbonyl (C=O) groups is 1. The number of amides is 1. The molecule has 2 unspecified atom stereocenters. The van der Waals surface area contributed by atoms with E-state index in [-0.39, 0.29) is 23.8 Å². The van der Waals surface area contributed by atoms with E-state index in [1.165, 1.54) is 17.3 Å². The summed E-state index contributed by atoms with van der Waals surface area (Å²) >= 11 is 0. The van der Waals surface area contributed by atoms with Gasteiger partial charge in [-0.25, -0.2) is 4.68 Å². The third kappa shape index (κ3) is 5.37. The molecule has 1 aliphatic carbocycles. The van der Waals surface area contributed by atoms with Crippen LogP contribution in [0.3, 0.4) is 0 Å². The molecule has 1 aliphatic heterocycles. The molecule has 0 fully saturated rings. The number of aromatic nitrogens is 2. The first-order chi connectivity index (χ1) is 17.6. The van der Waals surface area contributed by atoms with Crippen molar-refractivity contribution in [3.8, 4) is 0 Å². The highest BCUT2D eigenvalue weighted by molar-refractivity contribution is 5.99. The predicted octanol–water partition coefficient (Wildman–Crippen LogP) is 5.72. The Morgan fingerprint density at radius 1 is 1.11 bits per heavy atom. The fraction of sp³-hybridized carbons (Fsp3) is 0.429. The molecular weight excluding hydrogens is 479 g/mol. The van der Waals surface area contributed by atoms with Crippen LogP contribution in [-0.2, 0) is 6.42 Å². The van der Waals surface area contributed by atoms with Crippen molar-refractivity contribution in [2.45, 2.75) is 69.4 Å². The molecule has 0 radical (unpaired) electrons. The molecular formula is C28H32F3N5O. The third-order valence-electron chi connectivity index (χ3n) is 7.30. The standard InChI is InChI=1S/C28H32F3N5O/c1-27(2,17-32-22-14-8-12-18-9-6-7-13-20(18)22)35-26(37)21-16-33-36-24(28(29,30)31)15-23(34-25(21)36)19-10-4-3-5-11-19/h3-7,9-11,13,16,22-24,32,34H,8,12,14-15,17H2,1-2H3,(H,35,37)/t22?,23?,24-/m0/s1. The first-order valence-corrected chi connectivity index (χ1v) is 12.7. The quantitative estimate of drug-likeness (QED) is 0.396. The van der Waals surface area contributed by atoms with Crippen molar-refractivity contribution < 1.29 is 18.0 Å². The fourth-order valence-electron chi connectivity index (χ4n) is 5.40. The lowest BCUT2D eigenvalue weighted by Gasteiger charge is -2.34. The second kappa shape index (κ2) is 9.85. The predicted molar refractivity (Wildman–Crippen MR) is 136 cm³/mol. The van der Waals surface area contributed by atoms with E-state index < -0.39 is 29.7 Å². The van der Waals surface area contributed by atoms with Gasteiger partial charge in [-0.2, -0.15) is 18.3 Å². The van der Waals surface area contributed by atoms with Gasteiger partial charge >= 0.3 is 6.18 Å². The van der Waals surface area contributed by atoms with Gasteiger partial charge in [0, 0.05) is 24.5 Å². The van der Waals surface area contributed by atoms with Crippen LogP contribution in [0, 0.1) is 0 Å². The Morgan fingerprint density at radius 2 is 1.84 bits per heavy atom. The topological polar surface area (TPSA) is 71.0 Å². The van der Waals surface area contributed by atoms with Gasteiger partial charge in [-0.3, -0.25) is 4.79 Å². The molecule has 37 heavy (non-hydrogen) atoms. The molecule has 2 heterocycles. The molecule has 6 nitrogen and oxygen atoms in total. The van der Waals surface area contributed by atoms with E-state index in [1.807, 2.05) is 26.0 Å². The normalized spacial score (nSPS) is 21.5. The molecule has 0 spiro atoms. The minimum Gasteiger partial charge on any atom is -0.363 e. The van der Waals surface area contributed by atoms with E-state index >= 15 is 0 Å². The zero-order valence-electron chi connectivity index (χ0n) is 21.0. The van der Waals surface area contributed by atoms with Crippen molar-refractivity contribution in [3.05, 3.63) is 83.0 Å². The molecule has 2 aromatic carbocycles. The number of halogens is 3. The Balaban J connectivity index is 1.33. The van der Waals surface area contributed by atoms with E-state index in [1.54, 1.807) is 24.3 Å². The molecule has 5 rings (SSSR count). The molecule has 3 aromatic rings. The lowest BCUT2D eigenvalue weighted by atomic mass is 9.87. The highest BCUT2D eigenvalue weighted by Gasteiger charge is 2.47. The first kappa shape index (κ1) is 25.3. The van der Waals surface area contributed by atoms with Crippen molar-refractivity contribution >= 4 is 11.7 Å². The van der Waals surface area contributed by atoms with Crippen LogP contribution in [0.2, 0.25) is 0 Å². The van der Waals surface area contributed by atoms with Crippen LogP contribution < -0.4 is 16.0 Å². The Hall–Kier alpha value is -3.33. The zero-order valence-corrected chi connectivity index (χ0v) is 21.0. The Labute approximate surface area is 214 Å². The number of anilines is 1. The number of hydrogen-bond acceptors (Lipinski definition) is 4. The summed E-state index contributed by atoms with van der Waals surface area (Å²) < 4.78 is 42.8. The maximum atomic E-state index is 14.0. The molecule has 196 valence electrons. The van der Waals surface area contributed by atoms with Crippen molar-refractivity contribution in [2.75, 3.05) is 11.9 Å². The second-order valence-electron chi connectivity index (χ2n) is 10.6. The highest BCUT2D eigenvalue weighted by Crippen LogP contribution is 2.44. The van der Waals surface area contributed by atoms with Gasteiger partial charge in [0.25, 0.3) is 5.91 Å². The van der Waals surface area contributed by atoms with Crippen molar-refractivity contribution in [1.29, 1.82) is 0 Å². The summed E-state index contributed by atoms with van der Waals surface area (Å²) in [5, 5.41) is 13.7. The van der Waals surface area contributed by atoms with Crippen LogP contribution in [0.15, 0.2) is 60.8 Å². The molecule has 3 N–H and O–H groups in total. The summed E-state index contributed by atoms with van der Waals surface area (Å²) in [6.45, 7) is 4.31. The van der Waals surface area contributed by atoms with Gasteiger partial charge < -0.3 is 16.0 Å². The smallest absolute Gasteiger partial charge is 0.363 e. The van der Waals surface area contributed by atoms with Gasteiger partial charge in [0.1, 0.15) is 11.4 Å². The number of aryl methyl sites for hydroxylation is 1. The molecule has 0 saturated carbocycles. The molecule has 1 amide bonds. The number of fused-ring (bicyclic) bond motifs is 2.